The van der Waals surface area contributed by atoms with Crippen LogP contribution < -0.4 is 0 Å². The summed E-state index contributed by atoms with van der Waals surface area (Å²) in [6.45, 7) is 9.03. The van der Waals surface area contributed by atoms with Gasteiger partial charge >= 0.3 is 0 Å². The van der Waals surface area contributed by atoms with Gasteiger partial charge < -0.3 is 9.57 Å². The molecule has 17 heavy (non-hydrogen) atoms. The van der Waals surface area contributed by atoms with Crippen molar-refractivity contribution >= 4 is 5.71 Å². The Labute approximate surface area is 103 Å². The molecule has 0 saturated heterocycles. The van der Waals surface area contributed by atoms with E-state index < -0.39 is 0 Å². The normalized spacial score (nSPS) is 11.9. The van der Waals surface area contributed by atoms with Gasteiger partial charge in [-0.15, -0.1) is 0 Å². The summed E-state index contributed by atoms with van der Waals surface area (Å²) < 4.78 is 5.57. The molecule has 94 valence electrons. The number of hydrogen-bond donors (Lipinski definition) is 0. The number of aryl methyl sites for hydroxylation is 1. The summed E-state index contributed by atoms with van der Waals surface area (Å²) in [5.41, 5.74) is 3.11. The third-order valence-corrected chi connectivity index (χ3v) is 2.24. The fourth-order valence-corrected chi connectivity index (χ4v) is 1.30. The van der Waals surface area contributed by atoms with E-state index in [1.165, 1.54) is 5.56 Å². The molecule has 1 aromatic rings. The Morgan fingerprint density at radius 2 is 1.88 bits per heavy atom. The maximum Gasteiger partial charge on any atom is 0.114 e. The van der Waals surface area contributed by atoms with E-state index in [9.17, 15) is 0 Å². The second-order valence-corrected chi connectivity index (χ2v) is 4.18. The van der Waals surface area contributed by atoms with Crippen molar-refractivity contribution in [3.05, 3.63) is 35.4 Å². The second-order valence-electron chi connectivity index (χ2n) is 4.18. The van der Waals surface area contributed by atoms with E-state index in [0.29, 0.717) is 13.2 Å². The minimum Gasteiger partial charge on any atom is -0.396 e. The van der Waals surface area contributed by atoms with Crippen LogP contribution in [0.4, 0.5) is 0 Å². The fraction of sp³-hybridized carbons (Fsp3) is 0.500. The highest BCUT2D eigenvalue weighted by Crippen LogP contribution is 2.06. The van der Waals surface area contributed by atoms with E-state index in [2.05, 4.69) is 24.2 Å². The summed E-state index contributed by atoms with van der Waals surface area (Å²) in [6, 6.07) is 8.20. The lowest BCUT2D eigenvalue weighted by Gasteiger charge is -2.10. The average Bonchev–Trinajstić information content (AvgIpc) is 2.30. The van der Waals surface area contributed by atoms with E-state index >= 15 is 0 Å². The molecule has 0 radical (unpaired) electrons. The molecule has 0 unspecified atom stereocenters. The maximum absolute atomic E-state index is 5.57. The smallest absolute Gasteiger partial charge is 0.114 e. The van der Waals surface area contributed by atoms with Gasteiger partial charge in [0.25, 0.3) is 0 Å². The van der Waals surface area contributed by atoms with E-state index in [1.807, 2.05) is 32.9 Å². The lowest BCUT2D eigenvalue weighted by atomic mass is 10.1. The summed E-state index contributed by atoms with van der Waals surface area (Å²) in [7, 11) is 0. The number of oxime groups is 1. The molecule has 0 amide bonds. The van der Waals surface area contributed by atoms with Crippen LogP contribution in [0.5, 0.6) is 0 Å². The Bertz CT molecular complexity index is 355. The molecular weight excluding hydrogens is 214 g/mol. The molecule has 0 saturated carbocycles. The Morgan fingerprint density at radius 3 is 2.41 bits per heavy atom. The third-order valence-electron chi connectivity index (χ3n) is 2.24. The van der Waals surface area contributed by atoms with Gasteiger partial charge in [0.1, 0.15) is 12.3 Å². The fourth-order valence-electron chi connectivity index (χ4n) is 1.30. The standard InChI is InChI=1S/C14H21NO2/c1-5-17-15-14(10-16-11(2)3)13-8-6-12(4)7-9-13/h6-9,11H,5,10H2,1-4H3. The number of nitrogens with zero attached hydrogens (tertiary/aromatic N) is 1. The first-order valence-corrected chi connectivity index (χ1v) is 6.01. The lowest BCUT2D eigenvalue weighted by molar-refractivity contribution is 0.105. The van der Waals surface area contributed by atoms with Crippen molar-refractivity contribution < 1.29 is 9.57 Å². The minimum absolute atomic E-state index is 0.187. The number of ether oxygens (including phenoxy) is 1. The van der Waals surface area contributed by atoms with Gasteiger partial charge in [0, 0.05) is 5.56 Å². The third kappa shape index (κ3) is 5.00. The molecule has 0 atom stereocenters. The van der Waals surface area contributed by atoms with Crippen molar-refractivity contribution in [1.82, 2.24) is 0 Å². The molecule has 0 heterocycles. The number of benzene rings is 1. The monoisotopic (exact) mass is 235 g/mol. The Hall–Kier alpha value is -1.35. The van der Waals surface area contributed by atoms with Gasteiger partial charge in [-0.3, -0.25) is 0 Å². The summed E-state index contributed by atoms with van der Waals surface area (Å²) in [4.78, 5) is 5.12. The summed E-state index contributed by atoms with van der Waals surface area (Å²) in [5, 5.41) is 4.11. The summed E-state index contributed by atoms with van der Waals surface area (Å²) in [5.74, 6) is 0. The SMILES string of the molecule is CCON=C(COC(C)C)c1ccc(C)cc1. The molecule has 0 spiro atoms. The molecule has 1 rings (SSSR count). The molecule has 0 aliphatic carbocycles. The zero-order chi connectivity index (χ0) is 12.7. The molecule has 0 aliphatic rings. The number of hydrogen-bond acceptors (Lipinski definition) is 3. The van der Waals surface area contributed by atoms with Crippen molar-refractivity contribution in [3.63, 3.8) is 0 Å². The molecule has 3 heteroatoms. The molecule has 3 nitrogen and oxygen atoms in total. The molecule has 0 N–H and O–H groups in total. The average molecular weight is 235 g/mol. The van der Waals surface area contributed by atoms with Crippen LogP contribution >= 0.6 is 0 Å². The highest BCUT2D eigenvalue weighted by Gasteiger charge is 2.06. The van der Waals surface area contributed by atoms with Gasteiger partial charge in [-0.1, -0.05) is 35.0 Å². The van der Waals surface area contributed by atoms with E-state index in [0.717, 1.165) is 11.3 Å². The topological polar surface area (TPSA) is 30.8 Å². The molecular formula is C14H21NO2. The van der Waals surface area contributed by atoms with E-state index in [4.69, 9.17) is 9.57 Å². The first kappa shape index (κ1) is 13.7. The molecule has 1 aromatic carbocycles. The predicted octanol–water partition coefficient (Wildman–Crippen LogP) is 3.16. The van der Waals surface area contributed by atoms with Gasteiger partial charge in [0.05, 0.1) is 12.7 Å². The Morgan fingerprint density at radius 1 is 1.24 bits per heavy atom. The van der Waals surface area contributed by atoms with Crippen molar-refractivity contribution in [2.24, 2.45) is 5.16 Å². The van der Waals surface area contributed by atoms with E-state index in [1.54, 1.807) is 0 Å². The summed E-state index contributed by atoms with van der Waals surface area (Å²) in [6.07, 6.45) is 0.187. The Kier molecular flexibility index (Phi) is 5.70. The van der Waals surface area contributed by atoms with Crippen LogP contribution in [0.3, 0.4) is 0 Å². The van der Waals surface area contributed by atoms with Gasteiger partial charge in [-0.25, -0.2) is 0 Å². The van der Waals surface area contributed by atoms with Crippen LogP contribution in [-0.4, -0.2) is 25.0 Å². The summed E-state index contributed by atoms with van der Waals surface area (Å²) >= 11 is 0. The lowest BCUT2D eigenvalue weighted by Crippen LogP contribution is -2.15. The predicted molar refractivity (Wildman–Crippen MR) is 70.4 cm³/mol. The highest BCUT2D eigenvalue weighted by atomic mass is 16.6. The van der Waals surface area contributed by atoms with Crippen LogP contribution in [-0.2, 0) is 9.57 Å². The van der Waals surface area contributed by atoms with Crippen molar-refractivity contribution in [3.8, 4) is 0 Å². The number of rotatable bonds is 6. The van der Waals surface area contributed by atoms with Crippen LogP contribution in [0.1, 0.15) is 31.9 Å². The highest BCUT2D eigenvalue weighted by molar-refractivity contribution is 6.01. The van der Waals surface area contributed by atoms with Crippen molar-refractivity contribution in [1.29, 1.82) is 0 Å². The van der Waals surface area contributed by atoms with Crippen molar-refractivity contribution in [2.45, 2.75) is 33.8 Å². The van der Waals surface area contributed by atoms with Crippen LogP contribution in [0.25, 0.3) is 0 Å². The van der Waals surface area contributed by atoms with E-state index in [-0.39, 0.29) is 6.10 Å². The molecule has 0 fully saturated rings. The van der Waals surface area contributed by atoms with Gasteiger partial charge in [-0.05, 0) is 27.7 Å². The first-order valence-electron chi connectivity index (χ1n) is 6.01. The quantitative estimate of drug-likeness (QED) is 0.560. The molecule has 0 bridgehead atoms. The molecule has 0 aliphatic heterocycles. The van der Waals surface area contributed by atoms with Gasteiger partial charge in [-0.2, -0.15) is 0 Å². The second kappa shape index (κ2) is 7.07. The maximum atomic E-state index is 5.57. The zero-order valence-electron chi connectivity index (χ0n) is 11.1. The van der Waals surface area contributed by atoms with Crippen LogP contribution in [0, 0.1) is 6.92 Å². The van der Waals surface area contributed by atoms with Crippen LogP contribution in [0.15, 0.2) is 29.4 Å². The van der Waals surface area contributed by atoms with Gasteiger partial charge in [0.15, 0.2) is 0 Å². The first-order chi connectivity index (χ1) is 8.13. The van der Waals surface area contributed by atoms with Gasteiger partial charge in [0.2, 0.25) is 0 Å². The molecule has 0 aromatic heterocycles. The largest absolute Gasteiger partial charge is 0.396 e. The van der Waals surface area contributed by atoms with Crippen LogP contribution in [0.2, 0.25) is 0 Å². The zero-order valence-corrected chi connectivity index (χ0v) is 11.1. The minimum atomic E-state index is 0.187. The Balaban J connectivity index is 2.78. The van der Waals surface area contributed by atoms with Crippen molar-refractivity contribution in [2.75, 3.05) is 13.2 Å².